The molecule has 134 valence electrons. The fraction of sp³-hybridized carbons (Fsp3) is 0.238. The maximum Gasteiger partial charge on any atom is 0.224 e. The van der Waals surface area contributed by atoms with Crippen molar-refractivity contribution in [2.24, 2.45) is 0 Å². The molecule has 0 aliphatic carbocycles. The van der Waals surface area contributed by atoms with Crippen LogP contribution in [0.2, 0.25) is 0 Å². The predicted molar refractivity (Wildman–Crippen MR) is 104 cm³/mol. The number of hydrogen-bond acceptors (Lipinski definition) is 4. The van der Waals surface area contributed by atoms with E-state index in [1.807, 2.05) is 19.1 Å². The summed E-state index contributed by atoms with van der Waals surface area (Å²) in [6.45, 7) is 3.35. The third-order valence-corrected chi connectivity index (χ3v) is 4.01. The van der Waals surface area contributed by atoms with E-state index in [4.69, 9.17) is 0 Å². The number of benzene rings is 2. The zero-order valence-corrected chi connectivity index (χ0v) is 14.9. The molecule has 4 nitrogen and oxygen atoms in total. The van der Waals surface area contributed by atoms with Crippen LogP contribution in [0.25, 0.3) is 0 Å². The van der Waals surface area contributed by atoms with Crippen molar-refractivity contribution in [2.75, 3.05) is 17.2 Å². The third-order valence-electron chi connectivity index (χ3n) is 4.01. The average molecular weight is 350 g/mol. The number of hydrogen-bond donors (Lipinski definition) is 2. The minimum atomic E-state index is -0.228. The first kappa shape index (κ1) is 17.9. The second-order valence-electron chi connectivity index (χ2n) is 6.21. The standard InChI is InChI=1S/C21H23FN4/c1-16-14-20(24-15-18-9-11-19(22)12-10-18)26-21(25-16)23-13-5-8-17-6-3-2-4-7-17/h2-4,6-7,9-12,14H,5,8,13,15H2,1H3,(H2,23,24,25,26). The molecule has 5 heteroatoms. The average Bonchev–Trinajstić information content (AvgIpc) is 2.65. The van der Waals surface area contributed by atoms with Gasteiger partial charge in [0.15, 0.2) is 0 Å². The van der Waals surface area contributed by atoms with Gasteiger partial charge in [0.05, 0.1) is 0 Å². The molecule has 1 aromatic heterocycles. The van der Waals surface area contributed by atoms with Crippen molar-refractivity contribution in [3.63, 3.8) is 0 Å². The highest BCUT2D eigenvalue weighted by Gasteiger charge is 2.03. The van der Waals surface area contributed by atoms with Crippen LogP contribution in [0.5, 0.6) is 0 Å². The highest BCUT2D eigenvalue weighted by atomic mass is 19.1. The van der Waals surface area contributed by atoms with Crippen LogP contribution in [0.4, 0.5) is 16.2 Å². The summed E-state index contributed by atoms with van der Waals surface area (Å²) in [6.07, 6.45) is 2.04. The lowest BCUT2D eigenvalue weighted by Crippen LogP contribution is -2.09. The summed E-state index contributed by atoms with van der Waals surface area (Å²) in [5.74, 6) is 1.15. The Bertz CT molecular complexity index is 819. The molecule has 0 unspecified atom stereocenters. The monoisotopic (exact) mass is 350 g/mol. The second kappa shape index (κ2) is 8.94. The van der Waals surface area contributed by atoms with Gasteiger partial charge in [-0.05, 0) is 43.0 Å². The first-order valence-electron chi connectivity index (χ1n) is 8.81. The highest BCUT2D eigenvalue weighted by molar-refractivity contribution is 5.42. The van der Waals surface area contributed by atoms with Gasteiger partial charge in [0, 0.05) is 24.8 Å². The van der Waals surface area contributed by atoms with Gasteiger partial charge in [-0.3, -0.25) is 0 Å². The fourth-order valence-electron chi connectivity index (χ4n) is 2.67. The maximum atomic E-state index is 13.0. The SMILES string of the molecule is Cc1cc(NCc2ccc(F)cc2)nc(NCCCc2ccccc2)n1. The Kier molecular flexibility index (Phi) is 6.14. The van der Waals surface area contributed by atoms with Gasteiger partial charge in [0.2, 0.25) is 5.95 Å². The number of anilines is 2. The second-order valence-corrected chi connectivity index (χ2v) is 6.21. The molecule has 1 heterocycles. The highest BCUT2D eigenvalue weighted by Crippen LogP contribution is 2.12. The predicted octanol–water partition coefficient (Wildman–Crippen LogP) is 4.58. The van der Waals surface area contributed by atoms with Crippen molar-refractivity contribution >= 4 is 11.8 Å². The molecule has 0 bridgehead atoms. The zero-order chi connectivity index (χ0) is 18.2. The lowest BCUT2D eigenvalue weighted by atomic mass is 10.1. The molecule has 0 amide bonds. The van der Waals surface area contributed by atoms with Gasteiger partial charge in [-0.15, -0.1) is 0 Å². The van der Waals surface area contributed by atoms with E-state index in [1.54, 1.807) is 12.1 Å². The Balaban J connectivity index is 1.51. The van der Waals surface area contributed by atoms with E-state index in [0.29, 0.717) is 12.5 Å². The lowest BCUT2D eigenvalue weighted by molar-refractivity contribution is 0.627. The molecule has 3 aromatic rings. The van der Waals surface area contributed by atoms with Crippen molar-refractivity contribution in [1.82, 2.24) is 9.97 Å². The minimum absolute atomic E-state index is 0.228. The van der Waals surface area contributed by atoms with Crippen LogP contribution in [0, 0.1) is 12.7 Å². The van der Waals surface area contributed by atoms with Crippen molar-refractivity contribution in [1.29, 1.82) is 0 Å². The normalized spacial score (nSPS) is 10.5. The van der Waals surface area contributed by atoms with Crippen LogP contribution >= 0.6 is 0 Å². The Labute approximate surface area is 153 Å². The number of rotatable bonds is 8. The summed E-state index contributed by atoms with van der Waals surface area (Å²) in [5, 5.41) is 6.55. The number of halogens is 1. The Hall–Kier alpha value is -2.95. The Morgan fingerprint density at radius 3 is 2.42 bits per heavy atom. The third kappa shape index (κ3) is 5.55. The number of nitrogens with one attached hydrogen (secondary N) is 2. The molecule has 0 atom stereocenters. The zero-order valence-electron chi connectivity index (χ0n) is 14.9. The van der Waals surface area contributed by atoms with Gasteiger partial charge in [-0.2, -0.15) is 4.98 Å². The molecule has 0 radical (unpaired) electrons. The van der Waals surface area contributed by atoms with Gasteiger partial charge in [0.25, 0.3) is 0 Å². The van der Waals surface area contributed by atoms with Gasteiger partial charge < -0.3 is 10.6 Å². The molecule has 0 saturated heterocycles. The molecule has 0 fully saturated rings. The molecule has 0 aliphatic rings. The van der Waals surface area contributed by atoms with Crippen LogP contribution < -0.4 is 10.6 Å². The molecule has 0 saturated carbocycles. The molecule has 3 rings (SSSR count). The van der Waals surface area contributed by atoms with E-state index in [0.717, 1.165) is 36.5 Å². The van der Waals surface area contributed by atoms with E-state index in [1.165, 1.54) is 17.7 Å². The topological polar surface area (TPSA) is 49.8 Å². The Morgan fingerprint density at radius 1 is 0.885 bits per heavy atom. The quantitative estimate of drug-likeness (QED) is 0.584. The number of aromatic nitrogens is 2. The van der Waals surface area contributed by atoms with Crippen LogP contribution in [0.3, 0.4) is 0 Å². The van der Waals surface area contributed by atoms with E-state index < -0.39 is 0 Å². The summed E-state index contributed by atoms with van der Waals surface area (Å²) in [7, 11) is 0. The molecular weight excluding hydrogens is 327 g/mol. The minimum Gasteiger partial charge on any atom is -0.366 e. The first-order valence-corrected chi connectivity index (χ1v) is 8.81. The number of nitrogens with zero attached hydrogens (tertiary/aromatic N) is 2. The first-order chi connectivity index (χ1) is 12.7. The smallest absolute Gasteiger partial charge is 0.224 e. The Morgan fingerprint density at radius 2 is 1.65 bits per heavy atom. The summed E-state index contributed by atoms with van der Waals surface area (Å²) in [5.41, 5.74) is 3.23. The van der Waals surface area contributed by atoms with Crippen molar-refractivity contribution in [3.8, 4) is 0 Å². The van der Waals surface area contributed by atoms with Crippen LogP contribution in [0.15, 0.2) is 60.7 Å². The summed E-state index contributed by atoms with van der Waals surface area (Å²) in [6, 6.07) is 18.8. The molecule has 26 heavy (non-hydrogen) atoms. The van der Waals surface area contributed by atoms with Gasteiger partial charge in [0.1, 0.15) is 11.6 Å². The summed E-state index contributed by atoms with van der Waals surface area (Å²) < 4.78 is 13.0. The van der Waals surface area contributed by atoms with Crippen molar-refractivity contribution in [3.05, 3.63) is 83.3 Å². The van der Waals surface area contributed by atoms with E-state index in [-0.39, 0.29) is 5.82 Å². The van der Waals surface area contributed by atoms with E-state index >= 15 is 0 Å². The van der Waals surface area contributed by atoms with Crippen LogP contribution in [-0.4, -0.2) is 16.5 Å². The summed E-state index contributed by atoms with van der Waals surface area (Å²) in [4.78, 5) is 8.94. The van der Waals surface area contributed by atoms with Gasteiger partial charge >= 0.3 is 0 Å². The molecular formula is C21H23FN4. The van der Waals surface area contributed by atoms with Crippen LogP contribution in [-0.2, 0) is 13.0 Å². The molecule has 2 N–H and O–H groups in total. The molecule has 0 aliphatic heterocycles. The molecule has 0 spiro atoms. The maximum absolute atomic E-state index is 13.0. The van der Waals surface area contributed by atoms with Gasteiger partial charge in [-0.25, -0.2) is 9.37 Å². The van der Waals surface area contributed by atoms with E-state index in [9.17, 15) is 4.39 Å². The largest absolute Gasteiger partial charge is 0.366 e. The lowest BCUT2D eigenvalue weighted by Gasteiger charge is -2.10. The number of aryl methyl sites for hydroxylation is 2. The molecule has 2 aromatic carbocycles. The summed E-state index contributed by atoms with van der Waals surface area (Å²) >= 11 is 0. The van der Waals surface area contributed by atoms with Crippen LogP contribution in [0.1, 0.15) is 23.2 Å². The van der Waals surface area contributed by atoms with Gasteiger partial charge in [-0.1, -0.05) is 42.5 Å². The van der Waals surface area contributed by atoms with Crippen molar-refractivity contribution in [2.45, 2.75) is 26.3 Å². The fourth-order valence-corrected chi connectivity index (χ4v) is 2.67. The van der Waals surface area contributed by atoms with Crippen molar-refractivity contribution < 1.29 is 4.39 Å². The van der Waals surface area contributed by atoms with E-state index in [2.05, 4.69) is 44.9 Å².